The van der Waals surface area contributed by atoms with Gasteiger partial charge in [0.1, 0.15) is 12.2 Å². The van der Waals surface area contributed by atoms with E-state index in [1.807, 2.05) is 43.3 Å². The van der Waals surface area contributed by atoms with E-state index in [2.05, 4.69) is 29.2 Å². The van der Waals surface area contributed by atoms with Crippen molar-refractivity contribution in [3.05, 3.63) is 95.7 Å². The molecule has 4 aromatic rings. The van der Waals surface area contributed by atoms with E-state index in [0.29, 0.717) is 29.9 Å². The molecule has 0 unspecified atom stereocenters. The zero-order chi connectivity index (χ0) is 25.1. The van der Waals surface area contributed by atoms with Crippen molar-refractivity contribution in [2.24, 2.45) is 0 Å². The summed E-state index contributed by atoms with van der Waals surface area (Å²) in [5, 5.41) is 8.67. The molecule has 0 aliphatic carbocycles. The summed E-state index contributed by atoms with van der Waals surface area (Å²) in [7, 11) is -4.00. The number of rotatable bonds is 6. The van der Waals surface area contributed by atoms with Crippen LogP contribution in [0.5, 0.6) is 0 Å². The van der Waals surface area contributed by atoms with Gasteiger partial charge in [-0.15, -0.1) is 0 Å². The molecule has 0 spiro atoms. The summed E-state index contributed by atoms with van der Waals surface area (Å²) < 4.78 is 27.3. The number of quaternary nitrogens is 1. The lowest BCUT2D eigenvalue weighted by Crippen LogP contribution is -3.13. The molecule has 5 rings (SSSR count). The Bertz CT molecular complexity index is 1520. The standard InChI is InChI=1S/C28H27N5O2S/c1-21-8-7-11-23(18-21)36(34,35)26(19-29)27-28(31-25-13-6-5-12-24(25)30-27)33-16-14-32(15-17-33)20-22-9-3-2-4-10-22/h2-13,18,26H,14-17,20H2,1H3/p+1/t26-/m1/s1. The predicted octanol–water partition coefficient (Wildman–Crippen LogP) is 2.88. The summed E-state index contributed by atoms with van der Waals surface area (Å²) in [6.07, 6.45) is 0. The number of aryl methyl sites for hydroxylation is 1. The topological polar surface area (TPSA) is 91.4 Å². The molecule has 2 heterocycles. The van der Waals surface area contributed by atoms with Gasteiger partial charge >= 0.3 is 0 Å². The first-order valence-electron chi connectivity index (χ1n) is 12.0. The Balaban J connectivity index is 1.50. The van der Waals surface area contributed by atoms with Gasteiger partial charge < -0.3 is 9.80 Å². The lowest BCUT2D eigenvalue weighted by Gasteiger charge is -2.34. The Morgan fingerprint density at radius 3 is 2.28 bits per heavy atom. The van der Waals surface area contributed by atoms with Crippen LogP contribution in [0, 0.1) is 18.3 Å². The van der Waals surface area contributed by atoms with Crippen LogP contribution in [0.1, 0.15) is 22.1 Å². The Kier molecular flexibility index (Phi) is 6.68. The van der Waals surface area contributed by atoms with Gasteiger partial charge in [-0.1, -0.05) is 54.6 Å². The second kappa shape index (κ2) is 10.1. The molecule has 3 aromatic carbocycles. The Hall–Kier alpha value is -3.80. The summed E-state index contributed by atoms with van der Waals surface area (Å²) in [6.45, 7) is 5.93. The fraction of sp³-hybridized carbons (Fsp3) is 0.250. The minimum absolute atomic E-state index is 0.118. The first-order chi connectivity index (χ1) is 17.5. The normalized spacial score (nSPS) is 15.5. The van der Waals surface area contributed by atoms with Crippen LogP contribution in [-0.2, 0) is 16.4 Å². The molecule has 0 saturated carbocycles. The first kappa shape index (κ1) is 23.9. The number of sulfone groups is 1. The van der Waals surface area contributed by atoms with E-state index in [9.17, 15) is 13.7 Å². The third kappa shape index (κ3) is 4.81. The summed E-state index contributed by atoms with van der Waals surface area (Å²) in [5.74, 6) is 0.482. The van der Waals surface area contributed by atoms with E-state index in [1.54, 1.807) is 18.2 Å². The molecule has 1 atom stereocenters. The fourth-order valence-electron chi connectivity index (χ4n) is 4.71. The molecule has 182 valence electrons. The maximum atomic E-state index is 13.6. The molecule has 1 N–H and O–H groups in total. The molecule has 1 fully saturated rings. The van der Waals surface area contributed by atoms with Crippen LogP contribution < -0.4 is 9.80 Å². The highest BCUT2D eigenvalue weighted by Crippen LogP contribution is 2.34. The van der Waals surface area contributed by atoms with Gasteiger partial charge in [-0.05, 0) is 36.8 Å². The van der Waals surface area contributed by atoms with Crippen molar-refractivity contribution in [1.29, 1.82) is 5.26 Å². The van der Waals surface area contributed by atoms with Crippen LogP contribution >= 0.6 is 0 Å². The van der Waals surface area contributed by atoms with Gasteiger partial charge in [0.2, 0.25) is 9.84 Å². The van der Waals surface area contributed by atoms with Crippen molar-refractivity contribution in [3.63, 3.8) is 0 Å². The summed E-state index contributed by atoms with van der Waals surface area (Å²) in [5.41, 5.74) is 3.56. The van der Waals surface area contributed by atoms with Crippen LogP contribution in [0.15, 0.2) is 83.8 Å². The van der Waals surface area contributed by atoms with E-state index in [1.165, 1.54) is 16.5 Å². The molecule has 8 heteroatoms. The van der Waals surface area contributed by atoms with Gasteiger partial charge in [0.05, 0.1) is 48.2 Å². The number of nitriles is 1. The lowest BCUT2D eigenvalue weighted by atomic mass is 10.2. The van der Waals surface area contributed by atoms with Gasteiger partial charge in [0.25, 0.3) is 0 Å². The smallest absolute Gasteiger partial charge is 0.200 e. The Morgan fingerprint density at radius 1 is 0.944 bits per heavy atom. The molecular weight excluding hydrogens is 470 g/mol. The monoisotopic (exact) mass is 498 g/mol. The number of benzene rings is 3. The summed E-state index contributed by atoms with van der Waals surface area (Å²) >= 11 is 0. The molecule has 36 heavy (non-hydrogen) atoms. The summed E-state index contributed by atoms with van der Waals surface area (Å²) in [4.78, 5) is 13.2. The number of aromatic nitrogens is 2. The molecule has 0 radical (unpaired) electrons. The quantitative estimate of drug-likeness (QED) is 0.440. The van der Waals surface area contributed by atoms with Crippen LogP contribution in [0.2, 0.25) is 0 Å². The molecular formula is C28H28N5O2S+. The molecule has 1 aliphatic rings. The molecule has 1 aliphatic heterocycles. The number of piperazine rings is 1. The number of para-hydroxylation sites is 2. The second-order valence-corrected chi connectivity index (χ2v) is 11.2. The number of anilines is 1. The van der Waals surface area contributed by atoms with Crippen molar-refractivity contribution in [2.75, 3.05) is 31.1 Å². The second-order valence-electron chi connectivity index (χ2n) is 9.19. The molecule has 7 nitrogen and oxygen atoms in total. The number of fused-ring (bicyclic) bond motifs is 1. The Morgan fingerprint density at radius 2 is 1.61 bits per heavy atom. The van der Waals surface area contributed by atoms with Crippen molar-refractivity contribution in [3.8, 4) is 6.07 Å². The number of hydrogen-bond donors (Lipinski definition) is 1. The van der Waals surface area contributed by atoms with Crippen LogP contribution in [0.4, 0.5) is 5.82 Å². The van der Waals surface area contributed by atoms with Crippen molar-refractivity contribution < 1.29 is 13.3 Å². The van der Waals surface area contributed by atoms with Gasteiger partial charge in [-0.3, -0.25) is 0 Å². The van der Waals surface area contributed by atoms with E-state index in [-0.39, 0.29) is 10.6 Å². The third-order valence-electron chi connectivity index (χ3n) is 6.64. The van der Waals surface area contributed by atoms with Crippen LogP contribution in [-0.4, -0.2) is 44.6 Å². The molecule has 1 aromatic heterocycles. The molecule has 0 amide bonds. The largest absolute Gasteiger partial charge is 0.344 e. The van der Waals surface area contributed by atoms with E-state index < -0.39 is 15.1 Å². The number of hydrogen-bond acceptors (Lipinski definition) is 6. The highest BCUT2D eigenvalue weighted by molar-refractivity contribution is 7.92. The van der Waals surface area contributed by atoms with Crippen molar-refractivity contribution >= 4 is 26.7 Å². The van der Waals surface area contributed by atoms with E-state index in [4.69, 9.17) is 9.97 Å². The van der Waals surface area contributed by atoms with Gasteiger partial charge in [-0.2, -0.15) is 5.26 Å². The van der Waals surface area contributed by atoms with Gasteiger partial charge in [0.15, 0.2) is 11.1 Å². The van der Waals surface area contributed by atoms with Crippen molar-refractivity contribution in [1.82, 2.24) is 9.97 Å². The highest BCUT2D eigenvalue weighted by atomic mass is 32.2. The van der Waals surface area contributed by atoms with Crippen LogP contribution in [0.3, 0.4) is 0 Å². The molecule has 1 saturated heterocycles. The summed E-state index contributed by atoms with van der Waals surface area (Å²) in [6, 6.07) is 26.5. The third-order valence-corrected chi connectivity index (χ3v) is 8.50. The van der Waals surface area contributed by atoms with Gasteiger partial charge in [-0.25, -0.2) is 18.4 Å². The Labute approximate surface area is 211 Å². The fourth-order valence-corrected chi connectivity index (χ4v) is 6.20. The zero-order valence-electron chi connectivity index (χ0n) is 20.1. The van der Waals surface area contributed by atoms with E-state index >= 15 is 0 Å². The SMILES string of the molecule is Cc1cccc(S(=O)(=O)[C@H](C#N)c2nc3ccccc3nc2N2CC[NH+](Cc3ccccc3)CC2)c1. The minimum Gasteiger partial charge on any atom is -0.344 e. The first-order valence-corrected chi connectivity index (χ1v) is 13.6. The van der Waals surface area contributed by atoms with Crippen LogP contribution in [0.25, 0.3) is 11.0 Å². The average molecular weight is 499 g/mol. The maximum Gasteiger partial charge on any atom is 0.200 e. The maximum absolute atomic E-state index is 13.6. The van der Waals surface area contributed by atoms with Crippen molar-refractivity contribution in [2.45, 2.75) is 23.6 Å². The average Bonchev–Trinajstić information content (AvgIpc) is 2.90. The zero-order valence-corrected chi connectivity index (χ0v) is 20.9. The van der Waals surface area contributed by atoms with E-state index in [0.717, 1.165) is 25.2 Å². The lowest BCUT2D eigenvalue weighted by molar-refractivity contribution is -0.914. The van der Waals surface area contributed by atoms with Gasteiger partial charge in [0, 0.05) is 5.56 Å². The number of nitrogens with zero attached hydrogens (tertiary/aromatic N) is 4. The predicted molar refractivity (Wildman–Crippen MR) is 139 cm³/mol. The highest BCUT2D eigenvalue weighted by Gasteiger charge is 2.36. The number of nitrogens with one attached hydrogen (secondary N) is 1. The minimum atomic E-state index is -4.00. The molecule has 0 bridgehead atoms.